The Morgan fingerprint density at radius 1 is 1.03 bits per heavy atom. The summed E-state index contributed by atoms with van der Waals surface area (Å²) in [5.74, 6) is -1.34. The molecule has 0 saturated carbocycles. The number of aromatic nitrogens is 1. The Hall–Kier alpha value is -4.61. The van der Waals surface area contributed by atoms with Crippen molar-refractivity contribution in [2.24, 2.45) is 10.2 Å². The fourth-order valence-corrected chi connectivity index (χ4v) is 3.48. The van der Waals surface area contributed by atoms with Gasteiger partial charge < -0.3 is 29.4 Å². The second-order valence-electron chi connectivity index (χ2n) is 7.27. The summed E-state index contributed by atoms with van der Waals surface area (Å²) in [6.07, 6.45) is 0. The molecule has 2 N–H and O–H groups in total. The van der Waals surface area contributed by atoms with Crippen molar-refractivity contribution >= 4 is 34.4 Å². The van der Waals surface area contributed by atoms with Crippen molar-refractivity contribution in [3.63, 3.8) is 0 Å². The standard InChI is InChI=1S/C24H26N4O8/c1-5-36-20(30)13-28-16-9-7-6-8-15(16)21(24(28)32)27-26-19(29)12-25-23(31)14-10-17(33-2)22(35-4)18(11-14)34-3/h6-11,32H,5,12-13H2,1-4H3,(H,25,31). The molecule has 12 heteroatoms. The number of azo groups is 1. The monoisotopic (exact) mass is 498 g/mol. The maximum Gasteiger partial charge on any atom is 0.326 e. The van der Waals surface area contributed by atoms with Crippen LogP contribution in [0.1, 0.15) is 17.3 Å². The van der Waals surface area contributed by atoms with Crippen LogP contribution < -0.4 is 19.5 Å². The Kier molecular flexibility index (Phi) is 8.44. The minimum atomic E-state index is -0.766. The van der Waals surface area contributed by atoms with Gasteiger partial charge in [0.2, 0.25) is 11.6 Å². The molecule has 3 aromatic rings. The summed E-state index contributed by atoms with van der Waals surface area (Å²) in [6.45, 7) is 1.18. The highest BCUT2D eigenvalue weighted by Gasteiger charge is 2.20. The first-order valence-electron chi connectivity index (χ1n) is 10.8. The topological polar surface area (TPSA) is 150 Å². The van der Waals surface area contributed by atoms with Gasteiger partial charge in [-0.25, -0.2) is 0 Å². The van der Waals surface area contributed by atoms with Gasteiger partial charge in [-0.1, -0.05) is 18.2 Å². The summed E-state index contributed by atoms with van der Waals surface area (Å²) in [6, 6.07) is 9.69. The lowest BCUT2D eigenvalue weighted by Crippen LogP contribution is -2.28. The van der Waals surface area contributed by atoms with Crippen LogP contribution in [0.5, 0.6) is 23.1 Å². The van der Waals surface area contributed by atoms with Gasteiger partial charge in [0.25, 0.3) is 11.8 Å². The number of methoxy groups -OCH3 is 3. The minimum absolute atomic E-state index is 0.0132. The fraction of sp³-hybridized carbons (Fsp3) is 0.292. The average molecular weight is 498 g/mol. The minimum Gasteiger partial charge on any atom is -0.493 e. The first-order valence-corrected chi connectivity index (χ1v) is 10.8. The zero-order valence-corrected chi connectivity index (χ0v) is 20.2. The third-order valence-corrected chi connectivity index (χ3v) is 5.10. The lowest BCUT2D eigenvalue weighted by atomic mass is 10.1. The molecule has 190 valence electrons. The Labute approximate surface area is 206 Å². The molecule has 0 radical (unpaired) electrons. The predicted molar refractivity (Wildman–Crippen MR) is 128 cm³/mol. The number of benzene rings is 2. The molecule has 0 fully saturated rings. The first-order chi connectivity index (χ1) is 17.3. The van der Waals surface area contributed by atoms with Crippen LogP contribution in [0, 0.1) is 0 Å². The van der Waals surface area contributed by atoms with E-state index in [1.165, 1.54) is 38.0 Å². The number of esters is 1. The van der Waals surface area contributed by atoms with E-state index in [-0.39, 0.29) is 41.8 Å². The molecule has 0 atom stereocenters. The Morgan fingerprint density at radius 3 is 2.31 bits per heavy atom. The van der Waals surface area contributed by atoms with Crippen molar-refractivity contribution in [2.45, 2.75) is 13.5 Å². The third-order valence-electron chi connectivity index (χ3n) is 5.10. The van der Waals surface area contributed by atoms with Crippen molar-refractivity contribution in [1.82, 2.24) is 9.88 Å². The maximum absolute atomic E-state index is 12.6. The summed E-state index contributed by atoms with van der Waals surface area (Å²) in [5.41, 5.74) is 0.702. The largest absolute Gasteiger partial charge is 0.493 e. The number of aromatic hydroxyl groups is 1. The number of ether oxygens (including phenoxy) is 4. The Balaban J connectivity index is 1.75. The number of nitrogens with one attached hydrogen (secondary N) is 1. The predicted octanol–water partition coefficient (Wildman–Crippen LogP) is 2.98. The SMILES string of the molecule is CCOC(=O)Cn1c(O)c(N=NC(=O)CNC(=O)c2cc(OC)c(OC)c(OC)c2)c2ccccc21. The van der Waals surface area contributed by atoms with Crippen LogP contribution in [0.2, 0.25) is 0 Å². The molecule has 2 aromatic carbocycles. The molecule has 1 heterocycles. The number of hydrogen-bond donors (Lipinski definition) is 2. The Morgan fingerprint density at radius 2 is 1.69 bits per heavy atom. The van der Waals surface area contributed by atoms with Crippen LogP contribution in [0.15, 0.2) is 46.6 Å². The van der Waals surface area contributed by atoms with E-state index in [1.54, 1.807) is 31.2 Å². The van der Waals surface area contributed by atoms with E-state index in [4.69, 9.17) is 18.9 Å². The van der Waals surface area contributed by atoms with Gasteiger partial charge in [-0.3, -0.25) is 19.0 Å². The highest BCUT2D eigenvalue weighted by atomic mass is 16.5. The van der Waals surface area contributed by atoms with E-state index in [2.05, 4.69) is 15.5 Å². The van der Waals surface area contributed by atoms with Crippen LogP contribution in [-0.4, -0.2) is 61.9 Å². The van der Waals surface area contributed by atoms with E-state index >= 15 is 0 Å². The molecular weight excluding hydrogens is 472 g/mol. The van der Waals surface area contributed by atoms with Gasteiger partial charge in [0.15, 0.2) is 17.2 Å². The fourth-order valence-electron chi connectivity index (χ4n) is 3.48. The summed E-state index contributed by atoms with van der Waals surface area (Å²) < 4.78 is 22.0. The zero-order chi connectivity index (χ0) is 26.2. The molecule has 0 unspecified atom stereocenters. The van der Waals surface area contributed by atoms with Gasteiger partial charge in [0, 0.05) is 10.9 Å². The number of carbonyl (C=O) groups is 3. The summed E-state index contributed by atoms with van der Waals surface area (Å²) in [7, 11) is 4.28. The van der Waals surface area contributed by atoms with Crippen LogP contribution >= 0.6 is 0 Å². The second-order valence-corrected chi connectivity index (χ2v) is 7.27. The average Bonchev–Trinajstić information content (AvgIpc) is 3.15. The summed E-state index contributed by atoms with van der Waals surface area (Å²) in [5, 5.41) is 21.1. The van der Waals surface area contributed by atoms with E-state index in [0.29, 0.717) is 16.7 Å². The molecule has 3 rings (SSSR count). The van der Waals surface area contributed by atoms with Gasteiger partial charge in [-0.15, -0.1) is 10.2 Å². The van der Waals surface area contributed by atoms with Crippen LogP contribution in [0.25, 0.3) is 10.9 Å². The molecule has 0 spiro atoms. The number of fused-ring (bicyclic) bond motifs is 1. The molecule has 2 amide bonds. The number of carbonyl (C=O) groups excluding carboxylic acids is 3. The van der Waals surface area contributed by atoms with Crippen molar-refractivity contribution in [3.05, 3.63) is 42.0 Å². The van der Waals surface area contributed by atoms with Crippen molar-refractivity contribution in [1.29, 1.82) is 0 Å². The lowest BCUT2D eigenvalue weighted by Gasteiger charge is -2.13. The molecule has 36 heavy (non-hydrogen) atoms. The quantitative estimate of drug-likeness (QED) is 0.320. The molecule has 0 saturated heterocycles. The summed E-state index contributed by atoms with van der Waals surface area (Å²) >= 11 is 0. The van der Waals surface area contributed by atoms with Crippen molar-refractivity contribution in [2.75, 3.05) is 34.5 Å². The van der Waals surface area contributed by atoms with Gasteiger partial charge >= 0.3 is 5.97 Å². The summed E-state index contributed by atoms with van der Waals surface area (Å²) in [4.78, 5) is 36.8. The van der Waals surface area contributed by atoms with Gasteiger partial charge in [0.05, 0.1) is 33.5 Å². The highest BCUT2D eigenvalue weighted by Crippen LogP contribution is 2.39. The lowest BCUT2D eigenvalue weighted by molar-refractivity contribution is -0.143. The normalized spacial score (nSPS) is 10.9. The number of amides is 2. The molecule has 0 bridgehead atoms. The molecule has 0 aliphatic rings. The van der Waals surface area contributed by atoms with Gasteiger partial charge in [0.1, 0.15) is 13.1 Å². The first kappa shape index (κ1) is 26.0. The van der Waals surface area contributed by atoms with Crippen molar-refractivity contribution in [3.8, 4) is 23.1 Å². The van der Waals surface area contributed by atoms with E-state index in [9.17, 15) is 19.5 Å². The number of hydrogen-bond acceptors (Lipinski definition) is 9. The van der Waals surface area contributed by atoms with Crippen LogP contribution in [0.3, 0.4) is 0 Å². The van der Waals surface area contributed by atoms with Gasteiger partial charge in [-0.2, -0.15) is 0 Å². The molecule has 1 aromatic heterocycles. The molecule has 12 nitrogen and oxygen atoms in total. The van der Waals surface area contributed by atoms with E-state index in [1.807, 2.05) is 0 Å². The van der Waals surface area contributed by atoms with Crippen molar-refractivity contribution < 1.29 is 38.4 Å². The highest BCUT2D eigenvalue weighted by molar-refractivity contribution is 5.98. The molecular formula is C24H26N4O8. The number of nitrogens with zero attached hydrogens (tertiary/aromatic N) is 3. The smallest absolute Gasteiger partial charge is 0.326 e. The zero-order valence-electron chi connectivity index (χ0n) is 20.2. The van der Waals surface area contributed by atoms with Crippen LogP contribution in [0.4, 0.5) is 5.69 Å². The van der Waals surface area contributed by atoms with E-state index < -0.39 is 24.3 Å². The second kappa shape index (κ2) is 11.7. The Bertz CT molecular complexity index is 1290. The maximum atomic E-state index is 12.6. The van der Waals surface area contributed by atoms with Crippen LogP contribution in [-0.2, 0) is 20.9 Å². The van der Waals surface area contributed by atoms with E-state index in [0.717, 1.165) is 0 Å². The number of rotatable bonds is 10. The third kappa shape index (κ3) is 5.54. The molecule has 0 aliphatic heterocycles. The van der Waals surface area contributed by atoms with Gasteiger partial charge in [-0.05, 0) is 25.1 Å². The molecule has 0 aliphatic carbocycles. The number of para-hydroxylation sites is 1.